The second-order valence-corrected chi connectivity index (χ2v) is 5.32. The summed E-state index contributed by atoms with van der Waals surface area (Å²) in [6, 6.07) is 0. The van der Waals surface area contributed by atoms with Gasteiger partial charge in [-0.1, -0.05) is 6.42 Å². The maximum absolute atomic E-state index is 10.1. The molecule has 0 amide bonds. The van der Waals surface area contributed by atoms with Gasteiger partial charge in [0.25, 0.3) is 0 Å². The predicted octanol–water partition coefficient (Wildman–Crippen LogP) is 2.34. The highest BCUT2D eigenvalue weighted by Gasteiger charge is 2.40. The van der Waals surface area contributed by atoms with E-state index in [-0.39, 0.29) is 0 Å². The molecule has 16 heavy (non-hydrogen) atoms. The lowest BCUT2D eigenvalue weighted by atomic mass is 9.84. The Hall–Kier alpha value is -0.960. The minimum atomic E-state index is -0.418. The number of hydrogen-bond acceptors (Lipinski definition) is 3. The fraction of sp³-hybridized carbons (Fsp3) is 0.692. The molecule has 1 aromatic heterocycles. The molecule has 3 heteroatoms. The maximum atomic E-state index is 10.1. The number of aromatic nitrogens is 2. The van der Waals surface area contributed by atoms with Crippen LogP contribution >= 0.6 is 0 Å². The number of hydrogen-bond donors (Lipinski definition) is 1. The molecule has 4 atom stereocenters. The number of rotatable bonds is 3. The van der Waals surface area contributed by atoms with Crippen LogP contribution in [0.4, 0.5) is 0 Å². The van der Waals surface area contributed by atoms with Crippen molar-refractivity contribution >= 4 is 0 Å². The van der Waals surface area contributed by atoms with Crippen LogP contribution in [0.1, 0.15) is 43.9 Å². The average molecular weight is 218 g/mol. The van der Waals surface area contributed by atoms with Crippen molar-refractivity contribution in [3.05, 3.63) is 24.3 Å². The normalized spacial score (nSPS) is 34.2. The summed E-state index contributed by atoms with van der Waals surface area (Å²) in [7, 11) is 0. The Morgan fingerprint density at radius 2 is 2.25 bits per heavy atom. The van der Waals surface area contributed by atoms with E-state index in [4.69, 9.17) is 0 Å². The summed E-state index contributed by atoms with van der Waals surface area (Å²) in [5.41, 5.74) is 0.727. The quantitative estimate of drug-likeness (QED) is 0.847. The van der Waals surface area contributed by atoms with Gasteiger partial charge in [-0.05, 0) is 43.4 Å². The number of aliphatic hydroxyl groups excluding tert-OH is 1. The van der Waals surface area contributed by atoms with Gasteiger partial charge in [-0.3, -0.25) is 9.97 Å². The molecular formula is C13H18N2O. The van der Waals surface area contributed by atoms with Crippen molar-refractivity contribution in [2.45, 2.75) is 38.2 Å². The first-order chi connectivity index (χ1) is 7.83. The molecule has 0 saturated heterocycles. The Balaban J connectivity index is 1.63. The van der Waals surface area contributed by atoms with Crippen LogP contribution in [0.5, 0.6) is 0 Å². The lowest BCUT2D eigenvalue weighted by Crippen LogP contribution is -2.15. The van der Waals surface area contributed by atoms with E-state index in [1.807, 2.05) is 0 Å². The van der Waals surface area contributed by atoms with Crippen molar-refractivity contribution in [2.24, 2.45) is 17.8 Å². The van der Waals surface area contributed by atoms with Gasteiger partial charge in [0.2, 0.25) is 0 Å². The molecule has 1 aromatic rings. The molecule has 1 N–H and O–H groups in total. The smallest absolute Gasteiger partial charge is 0.0978 e. The van der Waals surface area contributed by atoms with Gasteiger partial charge in [0.1, 0.15) is 0 Å². The van der Waals surface area contributed by atoms with E-state index >= 15 is 0 Å². The zero-order chi connectivity index (χ0) is 11.0. The second-order valence-electron chi connectivity index (χ2n) is 5.32. The van der Waals surface area contributed by atoms with Gasteiger partial charge < -0.3 is 5.11 Å². The third-order valence-corrected chi connectivity index (χ3v) is 4.34. The SMILES string of the molecule is OC(CC1CC2CCC1C2)c1cnccn1. The summed E-state index contributed by atoms with van der Waals surface area (Å²) in [5.74, 6) is 2.54. The number of aliphatic hydroxyl groups is 1. The summed E-state index contributed by atoms with van der Waals surface area (Å²) in [6.45, 7) is 0. The molecule has 2 aliphatic rings. The minimum Gasteiger partial charge on any atom is -0.387 e. The third-order valence-electron chi connectivity index (χ3n) is 4.34. The van der Waals surface area contributed by atoms with E-state index in [1.165, 1.54) is 25.7 Å². The molecular weight excluding hydrogens is 200 g/mol. The van der Waals surface area contributed by atoms with Gasteiger partial charge in [0.15, 0.2) is 0 Å². The molecule has 1 heterocycles. The maximum Gasteiger partial charge on any atom is 0.0978 e. The van der Waals surface area contributed by atoms with Gasteiger partial charge >= 0.3 is 0 Å². The Morgan fingerprint density at radius 1 is 1.31 bits per heavy atom. The fourth-order valence-corrected chi connectivity index (χ4v) is 3.56. The highest BCUT2D eigenvalue weighted by Crippen LogP contribution is 2.50. The van der Waals surface area contributed by atoms with Crippen LogP contribution in [0, 0.1) is 17.8 Å². The van der Waals surface area contributed by atoms with Crippen LogP contribution < -0.4 is 0 Å². The topological polar surface area (TPSA) is 46.0 Å². The summed E-state index contributed by atoms with van der Waals surface area (Å²) in [6.07, 6.45) is 11.0. The highest BCUT2D eigenvalue weighted by molar-refractivity contribution is 5.01. The van der Waals surface area contributed by atoms with Gasteiger partial charge in [-0.2, -0.15) is 0 Å². The van der Waals surface area contributed by atoms with E-state index in [0.29, 0.717) is 0 Å². The Kier molecular flexibility index (Phi) is 2.64. The Morgan fingerprint density at radius 3 is 2.88 bits per heavy atom. The van der Waals surface area contributed by atoms with Crippen LogP contribution in [0.15, 0.2) is 18.6 Å². The van der Waals surface area contributed by atoms with Crippen molar-refractivity contribution in [2.75, 3.05) is 0 Å². The molecule has 0 radical (unpaired) electrons. The summed E-state index contributed by atoms with van der Waals surface area (Å²) in [4.78, 5) is 8.18. The molecule has 2 aliphatic carbocycles. The molecule has 0 aliphatic heterocycles. The van der Waals surface area contributed by atoms with E-state index < -0.39 is 6.10 Å². The second kappa shape index (κ2) is 4.13. The molecule has 0 aromatic carbocycles. The number of fused-ring (bicyclic) bond motifs is 2. The van der Waals surface area contributed by atoms with Crippen LogP contribution in [-0.4, -0.2) is 15.1 Å². The average Bonchev–Trinajstić information content (AvgIpc) is 2.92. The van der Waals surface area contributed by atoms with Crippen molar-refractivity contribution in [3.63, 3.8) is 0 Å². The fourth-order valence-electron chi connectivity index (χ4n) is 3.56. The molecule has 2 saturated carbocycles. The predicted molar refractivity (Wildman–Crippen MR) is 60.5 cm³/mol. The standard InChI is InChI=1S/C13H18N2O/c16-13(12-8-14-3-4-15-12)7-11-6-9-1-2-10(11)5-9/h3-4,8-11,13,16H,1-2,5-7H2. The van der Waals surface area contributed by atoms with Crippen molar-refractivity contribution in [1.29, 1.82) is 0 Å². The van der Waals surface area contributed by atoms with Gasteiger partial charge in [0.05, 0.1) is 18.0 Å². The summed E-state index contributed by atoms with van der Waals surface area (Å²) in [5, 5.41) is 10.1. The minimum absolute atomic E-state index is 0.418. The Bertz CT molecular complexity index is 354. The zero-order valence-electron chi connectivity index (χ0n) is 9.42. The highest BCUT2D eigenvalue weighted by atomic mass is 16.3. The molecule has 3 rings (SSSR count). The molecule has 2 fully saturated rings. The lowest BCUT2D eigenvalue weighted by molar-refractivity contribution is 0.121. The molecule has 0 spiro atoms. The van der Waals surface area contributed by atoms with E-state index in [9.17, 15) is 5.11 Å². The number of nitrogens with zero attached hydrogens (tertiary/aromatic N) is 2. The van der Waals surface area contributed by atoms with Crippen molar-refractivity contribution in [3.8, 4) is 0 Å². The summed E-state index contributed by atoms with van der Waals surface area (Å²) < 4.78 is 0. The monoisotopic (exact) mass is 218 g/mol. The third kappa shape index (κ3) is 1.84. The summed E-state index contributed by atoms with van der Waals surface area (Å²) >= 11 is 0. The van der Waals surface area contributed by atoms with Crippen LogP contribution in [-0.2, 0) is 0 Å². The van der Waals surface area contributed by atoms with Crippen molar-refractivity contribution in [1.82, 2.24) is 9.97 Å². The van der Waals surface area contributed by atoms with Gasteiger partial charge in [-0.25, -0.2) is 0 Å². The van der Waals surface area contributed by atoms with E-state index in [1.54, 1.807) is 18.6 Å². The van der Waals surface area contributed by atoms with E-state index in [0.717, 1.165) is 29.9 Å². The molecule has 3 nitrogen and oxygen atoms in total. The molecule has 86 valence electrons. The van der Waals surface area contributed by atoms with Crippen LogP contribution in [0.25, 0.3) is 0 Å². The molecule has 2 bridgehead atoms. The first kappa shape index (κ1) is 10.2. The Labute approximate surface area is 95.9 Å². The van der Waals surface area contributed by atoms with Gasteiger partial charge in [-0.15, -0.1) is 0 Å². The lowest BCUT2D eigenvalue weighted by Gasteiger charge is -2.23. The molecule has 4 unspecified atom stereocenters. The zero-order valence-corrected chi connectivity index (χ0v) is 9.42. The van der Waals surface area contributed by atoms with Gasteiger partial charge in [0, 0.05) is 12.4 Å². The van der Waals surface area contributed by atoms with Crippen LogP contribution in [0.2, 0.25) is 0 Å². The van der Waals surface area contributed by atoms with Crippen molar-refractivity contribution < 1.29 is 5.11 Å². The first-order valence-corrected chi connectivity index (χ1v) is 6.27. The largest absolute Gasteiger partial charge is 0.387 e. The van der Waals surface area contributed by atoms with E-state index in [2.05, 4.69) is 9.97 Å². The first-order valence-electron chi connectivity index (χ1n) is 6.27. The van der Waals surface area contributed by atoms with Crippen LogP contribution in [0.3, 0.4) is 0 Å².